The fourth-order valence-electron chi connectivity index (χ4n) is 1.90. The van der Waals surface area contributed by atoms with Gasteiger partial charge in [-0.3, -0.25) is 4.79 Å². The van der Waals surface area contributed by atoms with E-state index in [0.29, 0.717) is 6.54 Å². The molecule has 5 heteroatoms. The quantitative estimate of drug-likeness (QED) is 0.371. The normalized spacial score (nSPS) is 18.5. The van der Waals surface area contributed by atoms with Crippen molar-refractivity contribution >= 4 is 11.7 Å². The Balaban J connectivity index is 2.38. The van der Waals surface area contributed by atoms with Gasteiger partial charge in [0.05, 0.1) is 6.61 Å². The second-order valence-electron chi connectivity index (χ2n) is 4.22. The van der Waals surface area contributed by atoms with Crippen LogP contribution in [0.4, 0.5) is 0 Å². The van der Waals surface area contributed by atoms with Gasteiger partial charge in [0.15, 0.2) is 0 Å². The Kier molecular flexibility index (Phi) is 6.32. The molecule has 17 heavy (non-hydrogen) atoms. The van der Waals surface area contributed by atoms with Crippen LogP contribution in [0.25, 0.3) is 0 Å². The molecule has 0 aliphatic heterocycles. The van der Waals surface area contributed by atoms with Crippen molar-refractivity contribution in [1.82, 2.24) is 5.32 Å². The van der Waals surface area contributed by atoms with Crippen LogP contribution in [0.3, 0.4) is 0 Å². The molecule has 1 rings (SSSR count). The van der Waals surface area contributed by atoms with Crippen LogP contribution < -0.4 is 11.1 Å². The first-order chi connectivity index (χ1) is 8.24. The van der Waals surface area contributed by atoms with Gasteiger partial charge in [0.25, 0.3) is 5.91 Å². The summed E-state index contributed by atoms with van der Waals surface area (Å²) in [7, 11) is 0. The van der Waals surface area contributed by atoms with E-state index < -0.39 is 0 Å². The van der Waals surface area contributed by atoms with E-state index >= 15 is 0 Å². The fourth-order valence-corrected chi connectivity index (χ4v) is 1.90. The Morgan fingerprint density at radius 1 is 1.41 bits per heavy atom. The molecule has 5 nitrogen and oxygen atoms in total. The van der Waals surface area contributed by atoms with Crippen molar-refractivity contribution in [3.05, 3.63) is 12.3 Å². The van der Waals surface area contributed by atoms with Gasteiger partial charge in [-0.15, -0.1) is 0 Å². The first kappa shape index (κ1) is 13.7. The van der Waals surface area contributed by atoms with Crippen molar-refractivity contribution in [3.63, 3.8) is 0 Å². The van der Waals surface area contributed by atoms with Crippen molar-refractivity contribution in [3.8, 4) is 0 Å². The summed E-state index contributed by atoms with van der Waals surface area (Å²) >= 11 is 0. The summed E-state index contributed by atoms with van der Waals surface area (Å²) in [5.74, 6) is 0.168. The highest BCUT2D eigenvalue weighted by atomic mass is 16.3. The lowest BCUT2D eigenvalue weighted by Crippen LogP contribution is -2.20. The standard InChI is InChI=1S/C12H21N3O2/c13-11(6-7-14-8-9-16)15-12(17)10-4-2-1-3-5-10/h6-7,10,14,16H,1-5,8-9H2,(H2,13,15,17)/b7-6-. The van der Waals surface area contributed by atoms with E-state index in [1.54, 1.807) is 6.20 Å². The van der Waals surface area contributed by atoms with Gasteiger partial charge in [-0.1, -0.05) is 19.3 Å². The van der Waals surface area contributed by atoms with Crippen molar-refractivity contribution < 1.29 is 9.90 Å². The maximum Gasteiger partial charge on any atom is 0.250 e. The number of amidine groups is 1. The van der Waals surface area contributed by atoms with E-state index in [2.05, 4.69) is 10.3 Å². The summed E-state index contributed by atoms with van der Waals surface area (Å²) in [6, 6.07) is 0. The highest BCUT2D eigenvalue weighted by Gasteiger charge is 2.20. The zero-order valence-electron chi connectivity index (χ0n) is 10.1. The molecular formula is C12H21N3O2. The molecule has 1 aliphatic rings. The van der Waals surface area contributed by atoms with Crippen molar-refractivity contribution in [1.29, 1.82) is 0 Å². The summed E-state index contributed by atoms with van der Waals surface area (Å²) in [6.45, 7) is 0.517. The highest BCUT2D eigenvalue weighted by molar-refractivity contribution is 6.00. The van der Waals surface area contributed by atoms with Crippen LogP contribution in [0.5, 0.6) is 0 Å². The van der Waals surface area contributed by atoms with E-state index in [4.69, 9.17) is 10.8 Å². The van der Waals surface area contributed by atoms with Gasteiger partial charge >= 0.3 is 0 Å². The predicted molar refractivity (Wildman–Crippen MR) is 67.4 cm³/mol. The first-order valence-electron chi connectivity index (χ1n) is 6.13. The minimum absolute atomic E-state index is 0.0566. The summed E-state index contributed by atoms with van der Waals surface area (Å²) in [6.07, 6.45) is 8.43. The van der Waals surface area contributed by atoms with Crippen molar-refractivity contribution in [2.24, 2.45) is 16.6 Å². The number of aliphatic hydroxyl groups is 1. The number of carbonyl (C=O) groups is 1. The van der Waals surface area contributed by atoms with Crippen molar-refractivity contribution in [2.45, 2.75) is 32.1 Å². The Bertz CT molecular complexity index is 294. The lowest BCUT2D eigenvalue weighted by Gasteiger charge is -2.17. The molecule has 0 unspecified atom stereocenters. The number of rotatable bonds is 5. The van der Waals surface area contributed by atoms with Crippen LogP contribution in [0.15, 0.2) is 17.3 Å². The summed E-state index contributed by atoms with van der Waals surface area (Å²) in [5, 5.41) is 11.4. The van der Waals surface area contributed by atoms with Crippen LogP contribution in [-0.2, 0) is 4.79 Å². The van der Waals surface area contributed by atoms with Gasteiger partial charge in [0, 0.05) is 18.7 Å². The molecule has 0 spiro atoms. The van der Waals surface area contributed by atoms with Gasteiger partial charge in [-0.25, -0.2) is 0 Å². The van der Waals surface area contributed by atoms with E-state index in [-0.39, 0.29) is 24.3 Å². The van der Waals surface area contributed by atoms with E-state index in [1.807, 2.05) is 0 Å². The number of nitrogens with one attached hydrogen (secondary N) is 1. The van der Waals surface area contributed by atoms with Crippen molar-refractivity contribution in [2.75, 3.05) is 13.2 Å². The Morgan fingerprint density at radius 2 is 2.12 bits per heavy atom. The molecule has 0 radical (unpaired) electrons. The summed E-state index contributed by atoms with van der Waals surface area (Å²) < 4.78 is 0. The van der Waals surface area contributed by atoms with Crippen LogP contribution in [-0.4, -0.2) is 30.0 Å². The number of amides is 1. The van der Waals surface area contributed by atoms with E-state index in [9.17, 15) is 4.79 Å². The van der Waals surface area contributed by atoms with Gasteiger partial charge in [0.1, 0.15) is 5.84 Å². The number of aliphatic imine (C=N–C) groups is 1. The minimum atomic E-state index is -0.103. The number of hydrogen-bond donors (Lipinski definition) is 3. The number of nitrogens with two attached hydrogens (primary N) is 1. The lowest BCUT2D eigenvalue weighted by atomic mass is 9.89. The second kappa shape index (κ2) is 7.84. The Labute approximate surface area is 102 Å². The third-order valence-corrected chi connectivity index (χ3v) is 2.82. The summed E-state index contributed by atoms with van der Waals surface area (Å²) in [4.78, 5) is 15.6. The molecule has 0 aromatic carbocycles. The fraction of sp³-hybridized carbons (Fsp3) is 0.667. The largest absolute Gasteiger partial charge is 0.395 e. The van der Waals surface area contributed by atoms with Crippen LogP contribution in [0.2, 0.25) is 0 Å². The molecule has 1 aliphatic carbocycles. The maximum atomic E-state index is 11.7. The average molecular weight is 239 g/mol. The molecule has 0 aromatic rings. The van der Waals surface area contributed by atoms with Gasteiger partial charge in [-0.05, 0) is 18.9 Å². The van der Waals surface area contributed by atoms with Crippen LogP contribution in [0.1, 0.15) is 32.1 Å². The molecule has 96 valence electrons. The van der Waals surface area contributed by atoms with Gasteiger partial charge in [-0.2, -0.15) is 4.99 Å². The van der Waals surface area contributed by atoms with E-state index in [0.717, 1.165) is 25.7 Å². The zero-order valence-corrected chi connectivity index (χ0v) is 10.1. The SMILES string of the molecule is NC(/C=C\NCCO)=NC(=O)C1CCCCC1. The Morgan fingerprint density at radius 3 is 2.76 bits per heavy atom. The van der Waals surface area contributed by atoms with Crippen LogP contribution in [0, 0.1) is 5.92 Å². The van der Waals surface area contributed by atoms with Crippen LogP contribution >= 0.6 is 0 Å². The minimum Gasteiger partial charge on any atom is -0.395 e. The molecule has 0 atom stereocenters. The molecule has 4 N–H and O–H groups in total. The molecule has 0 heterocycles. The molecule has 0 saturated heterocycles. The number of aliphatic hydroxyl groups excluding tert-OH is 1. The van der Waals surface area contributed by atoms with Gasteiger partial charge < -0.3 is 16.2 Å². The third kappa shape index (κ3) is 5.49. The predicted octanol–water partition coefficient (Wildman–Crippen LogP) is 0.546. The van der Waals surface area contributed by atoms with E-state index in [1.165, 1.54) is 12.5 Å². The number of hydrogen-bond acceptors (Lipinski definition) is 3. The molecule has 0 bridgehead atoms. The molecule has 1 amide bonds. The highest BCUT2D eigenvalue weighted by Crippen LogP contribution is 2.24. The molecular weight excluding hydrogens is 218 g/mol. The number of nitrogens with zero attached hydrogens (tertiary/aromatic N) is 1. The van der Waals surface area contributed by atoms with Gasteiger partial charge in [0.2, 0.25) is 0 Å². The topological polar surface area (TPSA) is 87.7 Å². The first-order valence-corrected chi connectivity index (χ1v) is 6.13. The molecule has 1 fully saturated rings. The average Bonchev–Trinajstić information content (AvgIpc) is 2.36. The second-order valence-corrected chi connectivity index (χ2v) is 4.22. The summed E-state index contributed by atoms with van der Waals surface area (Å²) in [5.41, 5.74) is 5.60. The lowest BCUT2D eigenvalue weighted by molar-refractivity contribution is -0.122. The third-order valence-electron chi connectivity index (χ3n) is 2.82. The zero-order chi connectivity index (χ0) is 12.5. The smallest absolute Gasteiger partial charge is 0.250 e. The monoisotopic (exact) mass is 239 g/mol. The number of carbonyl (C=O) groups excluding carboxylic acids is 1. The molecule has 0 aromatic heterocycles. The molecule has 1 saturated carbocycles. The maximum absolute atomic E-state index is 11.7. The Hall–Kier alpha value is -1.36.